The van der Waals surface area contributed by atoms with Crippen LogP contribution >= 0.6 is 0 Å². The van der Waals surface area contributed by atoms with Crippen molar-refractivity contribution >= 4 is 16.3 Å². The lowest BCUT2D eigenvalue weighted by atomic mass is 9.96. The largest absolute Gasteiger partial charge is 0.388 e. The van der Waals surface area contributed by atoms with Gasteiger partial charge in [0, 0.05) is 20.1 Å². The van der Waals surface area contributed by atoms with Crippen molar-refractivity contribution in [3.05, 3.63) is 35.9 Å². The first-order chi connectivity index (χ1) is 11.8. The van der Waals surface area contributed by atoms with Crippen molar-refractivity contribution in [1.29, 1.82) is 0 Å². The van der Waals surface area contributed by atoms with E-state index in [9.17, 15) is 8.42 Å². The van der Waals surface area contributed by atoms with Gasteiger partial charge in [-0.15, -0.1) is 0 Å². The molecule has 4 N–H and O–H groups in total. The van der Waals surface area contributed by atoms with Gasteiger partial charge >= 0.3 is 10.3 Å². The number of nitrogens with zero attached hydrogens (tertiary/aromatic N) is 2. The summed E-state index contributed by atoms with van der Waals surface area (Å²) in [6.07, 6.45) is 4.96. The van der Waals surface area contributed by atoms with Crippen LogP contribution in [0.1, 0.15) is 37.7 Å². The Morgan fingerprint density at radius 2 is 1.88 bits per heavy atom. The SMILES string of the molecule is CN(C)/C(N)=N/OCc1ccccc1.O=S(=O)(O)NC1CCCCC1. The van der Waals surface area contributed by atoms with E-state index >= 15 is 0 Å². The van der Waals surface area contributed by atoms with Crippen molar-refractivity contribution in [2.24, 2.45) is 10.9 Å². The summed E-state index contributed by atoms with van der Waals surface area (Å²) in [6, 6.07) is 9.78. The van der Waals surface area contributed by atoms with Crippen molar-refractivity contribution in [3.63, 3.8) is 0 Å². The Labute approximate surface area is 149 Å². The molecule has 142 valence electrons. The molecule has 0 unspecified atom stereocenters. The standard InChI is InChI=1S/C10H15N3O.C6H13NO3S/c1-13(2)10(11)12-14-8-9-6-4-3-5-7-9;8-11(9,10)7-6-4-2-1-3-5-6/h3-7H,8H2,1-2H3,(H2,11,12);6-7H,1-5H2,(H,8,9,10). The van der Waals surface area contributed by atoms with Crippen LogP contribution < -0.4 is 10.5 Å². The quantitative estimate of drug-likeness (QED) is 0.313. The molecule has 1 aromatic rings. The molecule has 2 rings (SSSR count). The minimum Gasteiger partial charge on any atom is -0.388 e. The summed E-state index contributed by atoms with van der Waals surface area (Å²) < 4.78 is 31.3. The van der Waals surface area contributed by atoms with Crippen LogP contribution in [-0.4, -0.2) is 44.0 Å². The Morgan fingerprint density at radius 3 is 2.40 bits per heavy atom. The van der Waals surface area contributed by atoms with Gasteiger partial charge in [0.25, 0.3) is 0 Å². The minimum absolute atomic E-state index is 0.0428. The first kappa shape index (κ1) is 21.2. The van der Waals surface area contributed by atoms with Crippen molar-refractivity contribution in [2.75, 3.05) is 14.1 Å². The van der Waals surface area contributed by atoms with Crippen molar-refractivity contribution in [2.45, 2.75) is 44.8 Å². The monoisotopic (exact) mass is 372 g/mol. The van der Waals surface area contributed by atoms with E-state index in [2.05, 4.69) is 9.88 Å². The maximum absolute atomic E-state index is 10.3. The van der Waals surface area contributed by atoms with Gasteiger partial charge in [0.2, 0.25) is 5.96 Å². The van der Waals surface area contributed by atoms with Crippen LogP contribution in [0.2, 0.25) is 0 Å². The van der Waals surface area contributed by atoms with E-state index in [1.54, 1.807) is 4.90 Å². The van der Waals surface area contributed by atoms with Gasteiger partial charge in [0.1, 0.15) is 6.61 Å². The van der Waals surface area contributed by atoms with E-state index in [0.29, 0.717) is 12.6 Å². The number of benzene rings is 1. The third kappa shape index (κ3) is 10.6. The molecule has 9 heteroatoms. The van der Waals surface area contributed by atoms with Crippen molar-refractivity contribution < 1.29 is 17.8 Å². The molecule has 1 aliphatic carbocycles. The highest BCUT2D eigenvalue weighted by molar-refractivity contribution is 7.83. The van der Waals surface area contributed by atoms with Crippen LogP contribution in [0, 0.1) is 0 Å². The fourth-order valence-corrected chi connectivity index (χ4v) is 2.92. The summed E-state index contributed by atoms with van der Waals surface area (Å²) in [5.74, 6) is 0.362. The Balaban J connectivity index is 0.000000257. The molecule has 1 fully saturated rings. The second-order valence-electron chi connectivity index (χ2n) is 6.03. The lowest BCUT2D eigenvalue weighted by Crippen LogP contribution is -2.35. The zero-order valence-corrected chi connectivity index (χ0v) is 15.6. The number of nitrogens with two attached hydrogens (primary N) is 1. The fourth-order valence-electron chi connectivity index (χ4n) is 2.26. The molecular weight excluding hydrogens is 344 g/mol. The molecular formula is C16H28N4O4S. The number of nitrogens with one attached hydrogen (secondary N) is 1. The van der Waals surface area contributed by atoms with E-state index in [-0.39, 0.29) is 6.04 Å². The molecule has 0 atom stereocenters. The predicted molar refractivity (Wildman–Crippen MR) is 98.1 cm³/mol. The predicted octanol–water partition coefficient (Wildman–Crippen LogP) is 1.71. The second kappa shape index (κ2) is 10.9. The van der Waals surface area contributed by atoms with Crippen molar-refractivity contribution in [3.8, 4) is 0 Å². The number of hydrogen-bond acceptors (Lipinski definition) is 4. The summed E-state index contributed by atoms with van der Waals surface area (Å²) in [6.45, 7) is 0.440. The number of oxime groups is 1. The molecule has 0 saturated heterocycles. The molecule has 0 spiro atoms. The summed E-state index contributed by atoms with van der Waals surface area (Å²) in [5.41, 5.74) is 6.60. The highest BCUT2D eigenvalue weighted by Crippen LogP contribution is 2.17. The Morgan fingerprint density at radius 1 is 1.28 bits per heavy atom. The second-order valence-corrected chi connectivity index (χ2v) is 7.22. The summed E-state index contributed by atoms with van der Waals surface area (Å²) >= 11 is 0. The van der Waals surface area contributed by atoms with Crippen LogP contribution in [0.15, 0.2) is 35.5 Å². The molecule has 0 aromatic heterocycles. The van der Waals surface area contributed by atoms with E-state index in [1.165, 1.54) is 6.42 Å². The smallest absolute Gasteiger partial charge is 0.333 e. The average molecular weight is 372 g/mol. The van der Waals surface area contributed by atoms with Crippen LogP contribution in [0.5, 0.6) is 0 Å². The van der Waals surface area contributed by atoms with E-state index < -0.39 is 10.3 Å². The first-order valence-electron chi connectivity index (χ1n) is 8.19. The normalized spacial score (nSPS) is 15.9. The third-order valence-electron chi connectivity index (χ3n) is 3.61. The van der Waals surface area contributed by atoms with Gasteiger partial charge in [-0.3, -0.25) is 4.55 Å². The van der Waals surface area contributed by atoms with Gasteiger partial charge in [0.05, 0.1) is 0 Å². The summed E-state index contributed by atoms with van der Waals surface area (Å²) in [7, 11) is -0.353. The molecule has 0 aliphatic heterocycles. The molecule has 25 heavy (non-hydrogen) atoms. The minimum atomic E-state index is -3.97. The molecule has 0 heterocycles. The van der Waals surface area contributed by atoms with E-state index in [0.717, 1.165) is 31.2 Å². The van der Waals surface area contributed by atoms with Crippen LogP contribution in [0.3, 0.4) is 0 Å². The zero-order valence-electron chi connectivity index (χ0n) is 14.8. The van der Waals surface area contributed by atoms with Crippen molar-refractivity contribution in [1.82, 2.24) is 9.62 Å². The van der Waals surface area contributed by atoms with Crippen LogP contribution in [-0.2, 0) is 21.7 Å². The van der Waals surface area contributed by atoms with Crippen LogP contribution in [0.4, 0.5) is 0 Å². The zero-order chi connectivity index (χ0) is 18.7. The number of rotatable bonds is 5. The van der Waals surface area contributed by atoms with E-state index in [4.69, 9.17) is 15.1 Å². The molecule has 8 nitrogen and oxygen atoms in total. The van der Waals surface area contributed by atoms with Gasteiger partial charge in [-0.05, 0) is 23.6 Å². The first-order valence-corrected chi connectivity index (χ1v) is 9.63. The lowest BCUT2D eigenvalue weighted by Gasteiger charge is -2.20. The van der Waals surface area contributed by atoms with Gasteiger partial charge in [-0.2, -0.15) is 13.1 Å². The molecule has 0 amide bonds. The highest BCUT2D eigenvalue weighted by Gasteiger charge is 2.17. The van der Waals surface area contributed by atoms with E-state index in [1.807, 2.05) is 44.4 Å². The molecule has 1 aromatic carbocycles. The maximum atomic E-state index is 10.3. The summed E-state index contributed by atoms with van der Waals surface area (Å²) in [4.78, 5) is 6.75. The van der Waals surface area contributed by atoms with Gasteiger partial charge in [-0.25, -0.2) is 0 Å². The Kier molecular flexibility index (Phi) is 9.25. The fraction of sp³-hybridized carbons (Fsp3) is 0.562. The van der Waals surface area contributed by atoms with Gasteiger partial charge in [0.15, 0.2) is 0 Å². The van der Waals surface area contributed by atoms with Gasteiger partial charge < -0.3 is 15.5 Å². The lowest BCUT2D eigenvalue weighted by molar-refractivity contribution is 0.126. The molecule has 0 radical (unpaired) electrons. The molecule has 1 aliphatic rings. The molecule has 1 saturated carbocycles. The third-order valence-corrected chi connectivity index (χ3v) is 4.24. The Hall–Kier alpha value is -1.84. The topological polar surface area (TPSA) is 117 Å². The Bertz CT molecular complexity index is 614. The average Bonchev–Trinajstić information content (AvgIpc) is 2.55. The van der Waals surface area contributed by atoms with Gasteiger partial charge in [-0.1, -0.05) is 49.6 Å². The summed E-state index contributed by atoms with van der Waals surface area (Å²) in [5, 5.41) is 3.74. The number of hydrogen-bond donors (Lipinski definition) is 3. The van der Waals surface area contributed by atoms with Crippen LogP contribution in [0.25, 0.3) is 0 Å². The highest BCUT2D eigenvalue weighted by atomic mass is 32.2. The maximum Gasteiger partial charge on any atom is 0.333 e. The number of guanidine groups is 1. The molecule has 0 bridgehead atoms.